The van der Waals surface area contributed by atoms with Crippen LogP contribution >= 0.6 is 0 Å². The number of rotatable bonds is 3. The monoisotopic (exact) mass is 299 g/mol. The number of H-pyrrole nitrogens is 2. The number of benzene rings is 2. The van der Waals surface area contributed by atoms with Gasteiger partial charge in [0.15, 0.2) is 0 Å². The predicted molar refractivity (Wildman–Crippen MR) is 82.3 cm³/mol. The van der Waals surface area contributed by atoms with Gasteiger partial charge in [-0.25, -0.2) is 0 Å². The van der Waals surface area contributed by atoms with Gasteiger partial charge in [0.25, 0.3) is 11.1 Å². The van der Waals surface area contributed by atoms with E-state index >= 15 is 0 Å². The van der Waals surface area contributed by atoms with Crippen LogP contribution < -0.4 is 16.4 Å². The quantitative estimate of drug-likeness (QED) is 0.498. The number of nitrogens with one attached hydrogen (secondary N) is 3. The van der Waals surface area contributed by atoms with Crippen molar-refractivity contribution in [1.29, 1.82) is 0 Å². The van der Waals surface area contributed by atoms with Crippen LogP contribution in [0.25, 0.3) is 10.8 Å². The van der Waals surface area contributed by atoms with E-state index in [9.17, 15) is 19.8 Å². The zero-order chi connectivity index (χ0) is 15.7. The Morgan fingerprint density at radius 1 is 1.00 bits per heavy atom. The first-order valence-electron chi connectivity index (χ1n) is 6.54. The van der Waals surface area contributed by atoms with Crippen molar-refractivity contribution in [1.82, 2.24) is 10.2 Å². The molecule has 7 nitrogen and oxygen atoms in total. The molecular formula is C15H13N3O4. The molecule has 5 N–H and O–H groups in total. The third kappa shape index (κ3) is 2.39. The summed E-state index contributed by atoms with van der Waals surface area (Å²) >= 11 is 0. The second-order valence-corrected chi connectivity index (χ2v) is 4.80. The minimum atomic E-state index is -0.410. The highest BCUT2D eigenvalue weighted by Crippen LogP contribution is 2.24. The van der Waals surface area contributed by atoms with Crippen molar-refractivity contribution in [3.8, 4) is 11.5 Å². The van der Waals surface area contributed by atoms with Crippen molar-refractivity contribution in [2.24, 2.45) is 0 Å². The Kier molecular flexibility index (Phi) is 3.30. The molecule has 2 aromatic carbocycles. The number of phenols is 2. The Morgan fingerprint density at radius 2 is 1.77 bits per heavy atom. The molecule has 0 aliphatic carbocycles. The van der Waals surface area contributed by atoms with Crippen molar-refractivity contribution in [3.05, 3.63) is 62.7 Å². The first-order valence-corrected chi connectivity index (χ1v) is 6.54. The zero-order valence-electron chi connectivity index (χ0n) is 11.4. The van der Waals surface area contributed by atoms with Crippen LogP contribution in [-0.2, 0) is 6.54 Å². The van der Waals surface area contributed by atoms with Crippen molar-refractivity contribution in [2.45, 2.75) is 6.54 Å². The average molecular weight is 299 g/mol. The van der Waals surface area contributed by atoms with E-state index in [0.29, 0.717) is 11.3 Å². The van der Waals surface area contributed by atoms with Gasteiger partial charge < -0.3 is 15.5 Å². The van der Waals surface area contributed by atoms with E-state index in [1.165, 1.54) is 12.1 Å². The molecule has 112 valence electrons. The highest BCUT2D eigenvalue weighted by Gasteiger charge is 2.09. The molecule has 0 saturated heterocycles. The molecular weight excluding hydrogens is 286 g/mol. The molecule has 0 radical (unpaired) electrons. The number of hydrogen-bond donors (Lipinski definition) is 5. The van der Waals surface area contributed by atoms with Gasteiger partial charge >= 0.3 is 0 Å². The van der Waals surface area contributed by atoms with E-state index in [1.54, 1.807) is 24.3 Å². The molecule has 3 rings (SSSR count). The maximum Gasteiger partial charge on any atom is 0.272 e. The molecule has 0 bridgehead atoms. The van der Waals surface area contributed by atoms with Crippen molar-refractivity contribution < 1.29 is 10.2 Å². The second kappa shape index (κ2) is 5.28. The van der Waals surface area contributed by atoms with E-state index < -0.39 is 5.56 Å². The van der Waals surface area contributed by atoms with Gasteiger partial charge in [-0.15, -0.1) is 0 Å². The Morgan fingerprint density at radius 3 is 2.55 bits per heavy atom. The van der Waals surface area contributed by atoms with Crippen molar-refractivity contribution >= 4 is 16.5 Å². The van der Waals surface area contributed by atoms with Crippen molar-refractivity contribution in [3.63, 3.8) is 0 Å². The van der Waals surface area contributed by atoms with Gasteiger partial charge in [-0.1, -0.05) is 6.07 Å². The Balaban J connectivity index is 2.00. The lowest BCUT2D eigenvalue weighted by molar-refractivity contribution is 0.446. The standard InChI is InChI=1S/C15H13N3O4/c19-9-5-4-8(12(20)6-9)7-16-11-3-1-2-10-13(11)15(22)18-17-14(10)21/h1-6,16,19-20H,7H2,(H,17,21)(H,18,22). The molecule has 3 aromatic rings. The first kappa shape index (κ1) is 13.7. The number of aromatic amines is 2. The molecule has 22 heavy (non-hydrogen) atoms. The van der Waals surface area contributed by atoms with Crippen molar-refractivity contribution in [2.75, 3.05) is 5.32 Å². The first-order chi connectivity index (χ1) is 10.6. The van der Waals surface area contributed by atoms with Gasteiger partial charge in [0.1, 0.15) is 11.5 Å². The average Bonchev–Trinajstić information content (AvgIpc) is 2.50. The highest BCUT2D eigenvalue weighted by molar-refractivity contribution is 5.92. The smallest absolute Gasteiger partial charge is 0.272 e. The van der Waals surface area contributed by atoms with E-state index in [-0.39, 0.29) is 34.4 Å². The topological polar surface area (TPSA) is 118 Å². The summed E-state index contributed by atoms with van der Waals surface area (Å²) < 4.78 is 0. The van der Waals surface area contributed by atoms with Gasteiger partial charge in [0.05, 0.1) is 10.8 Å². The molecule has 0 saturated carbocycles. The molecule has 1 heterocycles. The molecule has 0 unspecified atom stereocenters. The Hall–Kier alpha value is -3.22. The van der Waals surface area contributed by atoms with Crippen LogP contribution in [0.2, 0.25) is 0 Å². The normalized spacial score (nSPS) is 10.7. The van der Waals surface area contributed by atoms with Gasteiger partial charge in [0, 0.05) is 23.9 Å². The van der Waals surface area contributed by atoms with Gasteiger partial charge in [-0.05, 0) is 24.3 Å². The van der Waals surface area contributed by atoms with E-state index in [2.05, 4.69) is 15.5 Å². The Bertz CT molecular complexity index is 959. The minimum Gasteiger partial charge on any atom is -0.508 e. The molecule has 7 heteroatoms. The summed E-state index contributed by atoms with van der Waals surface area (Å²) in [6, 6.07) is 9.16. The lowest BCUT2D eigenvalue weighted by atomic mass is 10.1. The molecule has 0 spiro atoms. The van der Waals surface area contributed by atoms with E-state index in [4.69, 9.17) is 0 Å². The van der Waals surface area contributed by atoms with Crippen LogP contribution in [-0.4, -0.2) is 20.4 Å². The number of aromatic hydroxyl groups is 2. The number of phenolic OH excluding ortho intramolecular Hbond substituents is 2. The molecule has 0 aliphatic heterocycles. The number of hydrogen-bond acceptors (Lipinski definition) is 5. The largest absolute Gasteiger partial charge is 0.508 e. The summed E-state index contributed by atoms with van der Waals surface area (Å²) in [4.78, 5) is 23.7. The third-order valence-electron chi connectivity index (χ3n) is 3.36. The SMILES string of the molecule is O=c1[nH][nH]c(=O)c2c(NCc3ccc(O)cc3O)cccc12. The van der Waals surface area contributed by atoms with Crippen LogP contribution in [0.4, 0.5) is 5.69 Å². The van der Waals surface area contributed by atoms with Gasteiger partial charge in [-0.2, -0.15) is 0 Å². The summed E-state index contributed by atoms with van der Waals surface area (Å²) in [6.07, 6.45) is 0. The van der Waals surface area contributed by atoms with Gasteiger partial charge in [-0.3, -0.25) is 19.8 Å². The third-order valence-corrected chi connectivity index (χ3v) is 3.36. The van der Waals surface area contributed by atoms with E-state index in [1.807, 2.05) is 0 Å². The summed E-state index contributed by atoms with van der Waals surface area (Å²) in [5.41, 5.74) is 0.242. The molecule has 0 fully saturated rings. The molecule has 0 aliphatic rings. The molecule has 0 atom stereocenters. The number of fused-ring (bicyclic) bond motifs is 1. The zero-order valence-corrected chi connectivity index (χ0v) is 11.4. The maximum atomic E-state index is 11.9. The summed E-state index contributed by atoms with van der Waals surface area (Å²) in [5.74, 6) is -0.0890. The number of aromatic nitrogens is 2. The summed E-state index contributed by atoms with van der Waals surface area (Å²) in [5, 5.41) is 27.1. The summed E-state index contributed by atoms with van der Waals surface area (Å²) in [6.45, 7) is 0.234. The summed E-state index contributed by atoms with van der Waals surface area (Å²) in [7, 11) is 0. The fraction of sp³-hybridized carbons (Fsp3) is 0.0667. The maximum absolute atomic E-state index is 11.9. The highest BCUT2D eigenvalue weighted by atomic mass is 16.3. The predicted octanol–water partition coefficient (Wildman–Crippen LogP) is 1.24. The fourth-order valence-electron chi connectivity index (χ4n) is 2.27. The lowest BCUT2D eigenvalue weighted by Gasteiger charge is -2.10. The van der Waals surface area contributed by atoms with Crippen LogP contribution in [0.15, 0.2) is 46.0 Å². The molecule has 1 aromatic heterocycles. The van der Waals surface area contributed by atoms with Gasteiger partial charge in [0.2, 0.25) is 0 Å². The fourth-order valence-corrected chi connectivity index (χ4v) is 2.27. The van der Waals surface area contributed by atoms with Crippen LogP contribution in [0.3, 0.4) is 0 Å². The Labute approximate surface area is 123 Å². The molecule has 0 amide bonds. The van der Waals surface area contributed by atoms with Crippen LogP contribution in [0, 0.1) is 0 Å². The van der Waals surface area contributed by atoms with Crippen LogP contribution in [0.1, 0.15) is 5.56 Å². The lowest BCUT2D eigenvalue weighted by Crippen LogP contribution is -2.20. The number of anilines is 1. The second-order valence-electron chi connectivity index (χ2n) is 4.80. The van der Waals surface area contributed by atoms with E-state index in [0.717, 1.165) is 0 Å². The minimum absolute atomic E-state index is 0.0330. The van der Waals surface area contributed by atoms with Crippen LogP contribution in [0.5, 0.6) is 11.5 Å².